The monoisotopic (exact) mass is 244 g/mol. The molecule has 0 bridgehead atoms. The van der Waals surface area contributed by atoms with Crippen molar-refractivity contribution in [3.63, 3.8) is 0 Å². The van der Waals surface area contributed by atoms with Crippen molar-refractivity contribution in [1.29, 1.82) is 0 Å². The van der Waals surface area contributed by atoms with Gasteiger partial charge in [0.15, 0.2) is 6.79 Å². The summed E-state index contributed by atoms with van der Waals surface area (Å²) >= 11 is 8.64. The van der Waals surface area contributed by atoms with Crippen molar-refractivity contribution in [2.45, 2.75) is 18.4 Å². The Kier molecular flexibility index (Phi) is 4.83. The minimum Gasteiger partial charge on any atom is -0.467 e. The van der Waals surface area contributed by atoms with E-state index < -0.39 is 0 Å². The van der Waals surface area contributed by atoms with Crippen LogP contribution in [0.4, 0.5) is 0 Å². The summed E-state index contributed by atoms with van der Waals surface area (Å²) in [5, 5.41) is 0. The van der Waals surface area contributed by atoms with Crippen molar-refractivity contribution in [3.05, 3.63) is 28.8 Å². The van der Waals surface area contributed by atoms with Crippen molar-refractivity contribution >= 4 is 25.3 Å². The van der Waals surface area contributed by atoms with Gasteiger partial charge in [0.2, 0.25) is 0 Å². The number of rotatable bonds is 4. The summed E-state index contributed by atoms with van der Waals surface area (Å²) in [6.07, 6.45) is 0. The molecule has 0 aromatic heterocycles. The first-order chi connectivity index (χ1) is 7.06. The van der Waals surface area contributed by atoms with Gasteiger partial charge in [0.1, 0.15) is 5.75 Å². The molecule has 4 heteroatoms. The lowest BCUT2D eigenvalue weighted by Crippen LogP contribution is -2.02. The molecule has 0 aliphatic heterocycles. The normalized spacial score (nSPS) is 10.8. The molecular formula is C11H16O2S2. The van der Waals surface area contributed by atoms with Crippen LogP contribution in [-0.2, 0) is 4.74 Å². The Bertz CT molecular complexity index is 338. The summed E-state index contributed by atoms with van der Waals surface area (Å²) in [6, 6.07) is 4.06. The topological polar surface area (TPSA) is 18.5 Å². The van der Waals surface area contributed by atoms with Crippen LogP contribution in [0.1, 0.15) is 21.3 Å². The summed E-state index contributed by atoms with van der Waals surface area (Å²) in [5.41, 5.74) is 3.27. The fourth-order valence-electron chi connectivity index (χ4n) is 1.39. The molecular weight excluding hydrogens is 228 g/mol. The Morgan fingerprint density at radius 2 is 1.93 bits per heavy atom. The largest absolute Gasteiger partial charge is 0.467 e. The van der Waals surface area contributed by atoms with E-state index in [1.165, 1.54) is 0 Å². The predicted octanol–water partition coefficient (Wildman–Crippen LogP) is 3.14. The summed E-state index contributed by atoms with van der Waals surface area (Å²) < 4.78 is 10.3. The fraction of sp³-hybridized carbons (Fsp3) is 0.455. The molecule has 1 aromatic rings. The maximum Gasteiger partial charge on any atom is 0.188 e. The minimum absolute atomic E-state index is 0.0882. The maximum absolute atomic E-state index is 5.47. The highest BCUT2D eigenvalue weighted by atomic mass is 32.2. The number of benzene rings is 1. The van der Waals surface area contributed by atoms with E-state index >= 15 is 0 Å². The van der Waals surface area contributed by atoms with Gasteiger partial charge in [0.25, 0.3) is 0 Å². The van der Waals surface area contributed by atoms with Crippen molar-refractivity contribution < 1.29 is 9.47 Å². The molecule has 1 aromatic carbocycles. The molecule has 15 heavy (non-hydrogen) atoms. The zero-order valence-electron chi connectivity index (χ0n) is 9.15. The lowest BCUT2D eigenvalue weighted by atomic mass is 10.1. The summed E-state index contributed by atoms with van der Waals surface area (Å²) in [4.78, 5) is 0. The highest BCUT2D eigenvalue weighted by Crippen LogP contribution is 2.33. The van der Waals surface area contributed by atoms with Crippen LogP contribution in [0.15, 0.2) is 12.1 Å². The van der Waals surface area contributed by atoms with Crippen LogP contribution in [0.3, 0.4) is 0 Å². The van der Waals surface area contributed by atoms with Gasteiger partial charge >= 0.3 is 0 Å². The van der Waals surface area contributed by atoms with Gasteiger partial charge in [0.05, 0.1) is 4.58 Å². The Labute approximate surface area is 102 Å². The Morgan fingerprint density at radius 3 is 2.47 bits per heavy atom. The molecule has 0 aliphatic carbocycles. The average Bonchev–Trinajstić information content (AvgIpc) is 2.18. The number of hydrogen-bond donors (Lipinski definition) is 2. The van der Waals surface area contributed by atoms with E-state index in [0.717, 1.165) is 22.4 Å². The number of aryl methyl sites for hydroxylation is 1. The number of thiol groups is 2. The van der Waals surface area contributed by atoms with Gasteiger partial charge in [-0.15, -0.1) is 0 Å². The van der Waals surface area contributed by atoms with Gasteiger partial charge in [-0.1, -0.05) is 6.07 Å². The van der Waals surface area contributed by atoms with Gasteiger partial charge in [-0.25, -0.2) is 0 Å². The standard InChI is InChI=1S/C11H16O2S2/c1-7-4-9(11(14)15)8(2)10(5-7)13-6-12-3/h4-5,11,14-15H,6H2,1-3H3. The first-order valence-electron chi connectivity index (χ1n) is 4.65. The predicted molar refractivity (Wildman–Crippen MR) is 69.1 cm³/mol. The first-order valence-corrected chi connectivity index (χ1v) is 5.68. The van der Waals surface area contributed by atoms with Crippen molar-refractivity contribution in [1.82, 2.24) is 0 Å². The van der Waals surface area contributed by atoms with Crippen LogP contribution in [0, 0.1) is 13.8 Å². The molecule has 0 heterocycles. The third-order valence-electron chi connectivity index (χ3n) is 2.15. The van der Waals surface area contributed by atoms with E-state index in [1.54, 1.807) is 7.11 Å². The average molecular weight is 244 g/mol. The molecule has 2 nitrogen and oxygen atoms in total. The number of hydrogen-bond acceptors (Lipinski definition) is 4. The van der Waals surface area contributed by atoms with Crippen LogP contribution < -0.4 is 4.74 Å². The lowest BCUT2D eigenvalue weighted by Gasteiger charge is -2.15. The molecule has 0 aliphatic rings. The van der Waals surface area contributed by atoms with E-state index in [1.807, 2.05) is 19.9 Å². The molecule has 0 radical (unpaired) electrons. The third-order valence-corrected chi connectivity index (χ3v) is 2.71. The van der Waals surface area contributed by atoms with Gasteiger partial charge in [-0.3, -0.25) is 0 Å². The van der Waals surface area contributed by atoms with Crippen LogP contribution >= 0.6 is 25.3 Å². The third kappa shape index (κ3) is 3.33. The van der Waals surface area contributed by atoms with Crippen molar-refractivity contribution in [2.75, 3.05) is 13.9 Å². The number of methoxy groups -OCH3 is 1. The second kappa shape index (κ2) is 5.68. The first kappa shape index (κ1) is 12.7. The van der Waals surface area contributed by atoms with E-state index in [9.17, 15) is 0 Å². The molecule has 0 saturated heterocycles. The van der Waals surface area contributed by atoms with Gasteiger partial charge in [-0.2, -0.15) is 25.3 Å². The second-order valence-corrected chi connectivity index (χ2v) is 4.84. The summed E-state index contributed by atoms with van der Waals surface area (Å²) in [6.45, 7) is 4.28. The Balaban J connectivity index is 3.05. The minimum atomic E-state index is -0.0882. The summed E-state index contributed by atoms with van der Waals surface area (Å²) in [7, 11) is 1.60. The van der Waals surface area contributed by atoms with Crippen LogP contribution in [0.2, 0.25) is 0 Å². The van der Waals surface area contributed by atoms with E-state index in [-0.39, 0.29) is 11.4 Å². The van der Waals surface area contributed by atoms with Gasteiger partial charge in [0, 0.05) is 7.11 Å². The zero-order chi connectivity index (χ0) is 11.4. The highest BCUT2D eigenvalue weighted by Gasteiger charge is 2.10. The molecule has 0 spiro atoms. The smallest absolute Gasteiger partial charge is 0.188 e. The van der Waals surface area contributed by atoms with E-state index in [2.05, 4.69) is 31.3 Å². The Hall–Kier alpha value is -0.320. The molecule has 0 atom stereocenters. The molecule has 0 N–H and O–H groups in total. The highest BCUT2D eigenvalue weighted by molar-refractivity contribution is 7.98. The SMILES string of the molecule is COCOc1cc(C)cc(C(S)S)c1C. The molecule has 0 fully saturated rings. The molecule has 84 valence electrons. The zero-order valence-corrected chi connectivity index (χ0v) is 10.9. The van der Waals surface area contributed by atoms with Crippen LogP contribution in [0.25, 0.3) is 0 Å². The van der Waals surface area contributed by atoms with Gasteiger partial charge in [-0.05, 0) is 36.6 Å². The van der Waals surface area contributed by atoms with Gasteiger partial charge < -0.3 is 9.47 Å². The maximum atomic E-state index is 5.47. The molecule has 0 saturated carbocycles. The molecule has 1 rings (SSSR count). The van der Waals surface area contributed by atoms with Crippen LogP contribution in [-0.4, -0.2) is 13.9 Å². The summed E-state index contributed by atoms with van der Waals surface area (Å²) in [5.74, 6) is 0.833. The van der Waals surface area contributed by atoms with Crippen molar-refractivity contribution in [3.8, 4) is 5.75 Å². The van der Waals surface area contributed by atoms with E-state index in [4.69, 9.17) is 9.47 Å². The Morgan fingerprint density at radius 1 is 1.27 bits per heavy atom. The van der Waals surface area contributed by atoms with Crippen molar-refractivity contribution in [2.24, 2.45) is 0 Å². The quantitative estimate of drug-likeness (QED) is 0.626. The lowest BCUT2D eigenvalue weighted by molar-refractivity contribution is 0.0505. The molecule has 0 unspecified atom stereocenters. The van der Waals surface area contributed by atoms with Crippen LogP contribution in [0.5, 0.6) is 5.75 Å². The molecule has 0 amide bonds. The fourth-order valence-corrected chi connectivity index (χ4v) is 1.93. The number of ether oxygens (including phenoxy) is 2. The van der Waals surface area contributed by atoms with E-state index in [0.29, 0.717) is 0 Å². The second-order valence-electron chi connectivity index (χ2n) is 3.40.